The van der Waals surface area contributed by atoms with Crippen molar-refractivity contribution in [1.29, 1.82) is 0 Å². The smallest absolute Gasteiger partial charge is 0.0716 e. The van der Waals surface area contributed by atoms with Crippen LogP contribution in [-0.4, -0.2) is 16.1 Å². The number of anilines is 4. The molecule has 0 amide bonds. The van der Waals surface area contributed by atoms with Gasteiger partial charge in [0.05, 0.1) is 11.6 Å². The average Bonchev–Trinajstić information content (AvgIpc) is 3.90. The summed E-state index contributed by atoms with van der Waals surface area (Å²) in [4.78, 5) is 5.09. The third-order valence-electron chi connectivity index (χ3n) is 14.0. The lowest BCUT2D eigenvalue weighted by atomic mass is 9.79. The van der Waals surface area contributed by atoms with E-state index in [2.05, 4.69) is 210 Å². The normalized spacial score (nSPS) is 22.9. The molecule has 4 atom stereocenters. The molecule has 6 aromatic rings. The molecule has 12 rings (SSSR count). The van der Waals surface area contributed by atoms with E-state index in [-0.39, 0.29) is 5.54 Å². The van der Waals surface area contributed by atoms with Crippen LogP contribution in [0.2, 0.25) is 0 Å². The van der Waals surface area contributed by atoms with Crippen LogP contribution in [-0.2, 0) is 6.42 Å². The summed E-state index contributed by atoms with van der Waals surface area (Å²) in [5.74, 6) is 0.919. The molecular formula is C56H47N3. The number of hydrogen-bond acceptors (Lipinski definition) is 2. The largest absolute Gasteiger partial charge is 0.333 e. The van der Waals surface area contributed by atoms with Gasteiger partial charge in [-0.2, -0.15) is 0 Å². The van der Waals surface area contributed by atoms with Crippen molar-refractivity contribution in [2.45, 2.75) is 62.9 Å². The van der Waals surface area contributed by atoms with E-state index < -0.39 is 0 Å². The lowest BCUT2D eigenvalue weighted by Crippen LogP contribution is -2.40. The van der Waals surface area contributed by atoms with Gasteiger partial charge in [-0.05, 0) is 150 Å². The van der Waals surface area contributed by atoms with Crippen LogP contribution in [0.4, 0.5) is 22.7 Å². The Morgan fingerprint density at radius 2 is 1.44 bits per heavy atom. The summed E-state index contributed by atoms with van der Waals surface area (Å²) in [5.41, 5.74) is 21.0. The van der Waals surface area contributed by atoms with Crippen LogP contribution in [0.15, 0.2) is 170 Å². The third-order valence-corrected chi connectivity index (χ3v) is 14.0. The highest BCUT2D eigenvalue weighted by Gasteiger charge is 2.46. The van der Waals surface area contributed by atoms with E-state index in [0.29, 0.717) is 17.9 Å². The number of para-hydroxylation sites is 2. The molecule has 0 fully saturated rings. The second-order valence-corrected chi connectivity index (χ2v) is 17.4. The second kappa shape index (κ2) is 13.2. The first kappa shape index (κ1) is 34.5. The Hall–Kier alpha value is -6.58. The first-order valence-electron chi connectivity index (χ1n) is 21.5. The highest BCUT2D eigenvalue weighted by atomic mass is 15.2. The van der Waals surface area contributed by atoms with Crippen molar-refractivity contribution < 1.29 is 0 Å². The quantitative estimate of drug-likeness (QED) is 0.173. The predicted octanol–water partition coefficient (Wildman–Crippen LogP) is 14.1. The minimum atomic E-state index is -0.212. The molecule has 1 aromatic heterocycles. The van der Waals surface area contributed by atoms with E-state index in [1.165, 1.54) is 89.9 Å². The van der Waals surface area contributed by atoms with Crippen molar-refractivity contribution in [3.8, 4) is 16.8 Å². The topological polar surface area (TPSA) is 11.4 Å². The molecule has 4 aliphatic carbocycles. The summed E-state index contributed by atoms with van der Waals surface area (Å²) in [6, 6.07) is 45.9. The summed E-state index contributed by atoms with van der Waals surface area (Å²) in [5, 5.41) is 0. The van der Waals surface area contributed by atoms with E-state index in [0.717, 1.165) is 25.7 Å². The van der Waals surface area contributed by atoms with Crippen molar-refractivity contribution in [3.63, 3.8) is 0 Å². The van der Waals surface area contributed by atoms with Crippen LogP contribution in [0, 0.1) is 0 Å². The van der Waals surface area contributed by atoms with Crippen LogP contribution in [0.3, 0.4) is 0 Å². The fourth-order valence-electron chi connectivity index (χ4n) is 11.2. The van der Waals surface area contributed by atoms with Gasteiger partial charge < -0.3 is 14.4 Å². The Morgan fingerprint density at radius 1 is 0.678 bits per heavy atom. The van der Waals surface area contributed by atoms with Gasteiger partial charge in [-0.25, -0.2) is 0 Å². The first-order valence-corrected chi connectivity index (χ1v) is 21.5. The van der Waals surface area contributed by atoms with Crippen molar-refractivity contribution in [2.75, 3.05) is 9.80 Å². The molecule has 0 saturated heterocycles. The fraction of sp³-hybridized carbons (Fsp3) is 0.179. The van der Waals surface area contributed by atoms with Gasteiger partial charge in [-0.3, -0.25) is 0 Å². The Balaban J connectivity index is 0.907. The van der Waals surface area contributed by atoms with E-state index in [4.69, 9.17) is 0 Å². The molecule has 3 heterocycles. The van der Waals surface area contributed by atoms with Crippen LogP contribution in [0.25, 0.3) is 40.1 Å². The SMILES string of the molecule is CC1CC=Cc2c1c1c(n2-c2ccc(-c3ccc4c(c3)C3=CC(c5ccc(N6c7ccccc7C7C=CC=CC76)cc5)=CCC3(C)N4c3ccccc3)cc2)CCC=C1. The molecule has 3 heteroatoms. The van der Waals surface area contributed by atoms with Crippen LogP contribution < -0.4 is 9.80 Å². The highest BCUT2D eigenvalue weighted by Crippen LogP contribution is 2.56. The number of aromatic nitrogens is 1. The highest BCUT2D eigenvalue weighted by molar-refractivity contribution is 6.02. The maximum Gasteiger partial charge on any atom is 0.0716 e. The summed E-state index contributed by atoms with van der Waals surface area (Å²) < 4.78 is 2.54. The summed E-state index contributed by atoms with van der Waals surface area (Å²) >= 11 is 0. The number of fused-ring (bicyclic) bond motifs is 9. The average molecular weight is 762 g/mol. The zero-order valence-electron chi connectivity index (χ0n) is 33.7. The number of benzene rings is 5. The third kappa shape index (κ3) is 5.20. The number of allylic oxidation sites excluding steroid dienone is 6. The Labute approximate surface area is 348 Å². The number of nitrogens with zero attached hydrogens (tertiary/aromatic N) is 3. The van der Waals surface area contributed by atoms with E-state index in [9.17, 15) is 0 Å². The van der Waals surface area contributed by atoms with Gasteiger partial charge in [0.2, 0.25) is 0 Å². The predicted molar refractivity (Wildman–Crippen MR) is 248 cm³/mol. The van der Waals surface area contributed by atoms with Crippen LogP contribution in [0.5, 0.6) is 0 Å². The minimum absolute atomic E-state index is 0.212. The van der Waals surface area contributed by atoms with Crippen molar-refractivity contribution >= 4 is 46.0 Å². The first-order chi connectivity index (χ1) is 29.0. The molecule has 5 aromatic carbocycles. The molecule has 3 nitrogen and oxygen atoms in total. The maximum absolute atomic E-state index is 2.58. The molecule has 0 N–H and O–H groups in total. The molecule has 0 bridgehead atoms. The van der Waals surface area contributed by atoms with Gasteiger partial charge in [-0.15, -0.1) is 0 Å². The molecule has 286 valence electrons. The van der Waals surface area contributed by atoms with Gasteiger partial charge in [-0.1, -0.05) is 122 Å². The van der Waals surface area contributed by atoms with Gasteiger partial charge in [0.25, 0.3) is 0 Å². The minimum Gasteiger partial charge on any atom is -0.333 e. The molecule has 2 aliphatic heterocycles. The second-order valence-electron chi connectivity index (χ2n) is 17.4. The molecule has 0 radical (unpaired) electrons. The fourth-order valence-corrected chi connectivity index (χ4v) is 11.2. The van der Waals surface area contributed by atoms with Crippen molar-refractivity contribution in [1.82, 2.24) is 4.57 Å². The van der Waals surface area contributed by atoms with Crippen LogP contribution in [0.1, 0.15) is 84.2 Å². The molecule has 0 saturated carbocycles. The molecule has 6 aliphatic rings. The zero-order valence-corrected chi connectivity index (χ0v) is 33.7. The Morgan fingerprint density at radius 3 is 2.31 bits per heavy atom. The summed E-state index contributed by atoms with van der Waals surface area (Å²) in [6.07, 6.45) is 27.7. The van der Waals surface area contributed by atoms with E-state index in [1.54, 1.807) is 0 Å². The van der Waals surface area contributed by atoms with E-state index in [1.807, 2.05) is 0 Å². The van der Waals surface area contributed by atoms with Crippen molar-refractivity contribution in [3.05, 3.63) is 209 Å². The standard InChI is InChI=1S/C56H47N3/c1-37-13-12-22-54-55(37)47-18-8-11-21-52(47)58(54)43-30-23-38(24-31-43)40-27-32-53-48(35-40)49-36-41(33-34-56(49,2)59(53)44-14-4-3-5-15-44)39-25-28-42(29-26-39)57-50-19-9-6-16-45(50)46-17-7-10-20-51(46)57/h3-10,12,14-20,22-33,35-37,45,50H,11,13,21,34H2,1-2H3. The summed E-state index contributed by atoms with van der Waals surface area (Å²) in [7, 11) is 0. The Bertz CT molecular complexity index is 2860. The van der Waals surface area contributed by atoms with Gasteiger partial charge >= 0.3 is 0 Å². The van der Waals surface area contributed by atoms with Gasteiger partial charge in [0.1, 0.15) is 0 Å². The number of hydrogen-bond donors (Lipinski definition) is 0. The van der Waals surface area contributed by atoms with Gasteiger partial charge in [0.15, 0.2) is 0 Å². The zero-order chi connectivity index (χ0) is 39.2. The van der Waals surface area contributed by atoms with Crippen LogP contribution >= 0.6 is 0 Å². The molecule has 0 spiro atoms. The molecular weight excluding hydrogens is 715 g/mol. The summed E-state index contributed by atoms with van der Waals surface area (Å²) in [6.45, 7) is 4.80. The van der Waals surface area contributed by atoms with Crippen molar-refractivity contribution in [2.24, 2.45) is 0 Å². The number of rotatable bonds is 5. The molecule has 4 unspecified atom stereocenters. The monoisotopic (exact) mass is 761 g/mol. The maximum atomic E-state index is 2.58. The lowest BCUT2D eigenvalue weighted by Gasteiger charge is -2.39. The Kier molecular flexibility index (Phi) is 7.72. The lowest BCUT2D eigenvalue weighted by molar-refractivity contribution is 0.608. The molecule has 59 heavy (non-hydrogen) atoms. The van der Waals surface area contributed by atoms with Gasteiger partial charge in [0, 0.05) is 51.3 Å². The van der Waals surface area contributed by atoms with E-state index >= 15 is 0 Å².